The Bertz CT molecular complexity index is 444. The highest BCUT2D eigenvalue weighted by molar-refractivity contribution is 7.98. The zero-order valence-corrected chi connectivity index (χ0v) is 10.4. The van der Waals surface area contributed by atoms with Gasteiger partial charge < -0.3 is 10.2 Å². The van der Waals surface area contributed by atoms with Crippen molar-refractivity contribution in [3.05, 3.63) is 41.8 Å². The summed E-state index contributed by atoms with van der Waals surface area (Å²) in [5.41, 5.74) is 5.05. The van der Waals surface area contributed by atoms with Gasteiger partial charge in [-0.05, 0) is 5.56 Å². The maximum Gasteiger partial charge on any atom is 0.276 e. The van der Waals surface area contributed by atoms with Gasteiger partial charge in [-0.25, -0.2) is 0 Å². The predicted octanol–water partition coefficient (Wildman–Crippen LogP) is 1.54. The monoisotopic (exact) mass is 250 g/mol. The summed E-state index contributed by atoms with van der Waals surface area (Å²) in [7, 11) is 0. The van der Waals surface area contributed by atoms with Crippen molar-refractivity contribution >= 4 is 11.8 Å². The van der Waals surface area contributed by atoms with Crippen molar-refractivity contribution in [2.75, 3.05) is 6.54 Å². The Kier molecular flexibility index (Phi) is 4.58. The first kappa shape index (κ1) is 12.1. The molecule has 1 aromatic heterocycles. The molecule has 1 heterocycles. The molecule has 0 bridgehead atoms. The van der Waals surface area contributed by atoms with E-state index in [1.807, 2.05) is 18.2 Å². The summed E-state index contributed by atoms with van der Waals surface area (Å²) >= 11 is 1.57. The van der Waals surface area contributed by atoms with Crippen molar-refractivity contribution in [1.82, 2.24) is 10.2 Å². The molecule has 0 unspecified atom stereocenters. The highest BCUT2D eigenvalue weighted by Gasteiger charge is 2.06. The van der Waals surface area contributed by atoms with Crippen molar-refractivity contribution < 1.29 is 10.2 Å². The standard InChI is InChI=1S/C12H15N3OS/c13-8-4-7-11-14-15-12(16-11)17-9-10-5-2-1-3-6-10/h1-3,5-6H,4,7-9,13H2/p+1. The third kappa shape index (κ3) is 3.87. The number of thioether (sulfide) groups is 1. The fraction of sp³-hybridized carbons (Fsp3) is 0.333. The number of nitrogens with zero attached hydrogens (tertiary/aromatic N) is 2. The van der Waals surface area contributed by atoms with Gasteiger partial charge in [-0.1, -0.05) is 42.1 Å². The molecule has 5 heteroatoms. The molecule has 2 aromatic rings. The van der Waals surface area contributed by atoms with Crippen molar-refractivity contribution in [2.45, 2.75) is 23.8 Å². The molecule has 4 nitrogen and oxygen atoms in total. The van der Waals surface area contributed by atoms with Crippen LogP contribution in [0.25, 0.3) is 0 Å². The first-order valence-corrected chi connectivity index (χ1v) is 6.65. The molecule has 3 N–H and O–H groups in total. The lowest BCUT2D eigenvalue weighted by Crippen LogP contribution is -2.50. The van der Waals surface area contributed by atoms with Gasteiger partial charge >= 0.3 is 0 Å². The van der Waals surface area contributed by atoms with E-state index in [1.165, 1.54) is 5.56 Å². The van der Waals surface area contributed by atoms with Crippen LogP contribution in [0.3, 0.4) is 0 Å². The van der Waals surface area contributed by atoms with Crippen LogP contribution < -0.4 is 5.73 Å². The third-order valence-corrected chi connectivity index (χ3v) is 3.18. The van der Waals surface area contributed by atoms with Gasteiger partial charge in [0.05, 0.1) is 6.54 Å². The largest absolute Gasteiger partial charge is 0.416 e. The topological polar surface area (TPSA) is 66.6 Å². The minimum Gasteiger partial charge on any atom is -0.416 e. The molecule has 0 aliphatic rings. The third-order valence-electron chi connectivity index (χ3n) is 2.29. The summed E-state index contributed by atoms with van der Waals surface area (Å²) in [6, 6.07) is 10.3. The van der Waals surface area contributed by atoms with Gasteiger partial charge in [0.25, 0.3) is 5.22 Å². The van der Waals surface area contributed by atoms with E-state index in [1.54, 1.807) is 11.8 Å². The number of rotatable bonds is 6. The van der Waals surface area contributed by atoms with Crippen molar-refractivity contribution in [1.29, 1.82) is 0 Å². The van der Waals surface area contributed by atoms with Gasteiger partial charge in [0.2, 0.25) is 5.89 Å². The fourth-order valence-electron chi connectivity index (χ4n) is 1.39. The normalized spacial score (nSPS) is 10.6. The van der Waals surface area contributed by atoms with Crippen LogP contribution in [0.1, 0.15) is 17.9 Å². The number of aromatic nitrogens is 2. The van der Waals surface area contributed by atoms with Crippen LogP contribution in [-0.4, -0.2) is 16.7 Å². The SMILES string of the molecule is [NH3+]CCCc1nnc(SCc2ccccc2)o1. The summed E-state index contributed by atoms with van der Waals surface area (Å²) in [5.74, 6) is 1.57. The smallest absolute Gasteiger partial charge is 0.276 e. The Morgan fingerprint density at radius 2 is 2.00 bits per heavy atom. The molecule has 0 spiro atoms. The van der Waals surface area contributed by atoms with Crippen molar-refractivity contribution in [2.24, 2.45) is 0 Å². The van der Waals surface area contributed by atoms with Gasteiger partial charge in [0, 0.05) is 18.6 Å². The molecule has 0 saturated heterocycles. The average molecular weight is 250 g/mol. The Balaban J connectivity index is 1.85. The average Bonchev–Trinajstić information content (AvgIpc) is 2.83. The van der Waals surface area contributed by atoms with Crippen LogP contribution in [0.2, 0.25) is 0 Å². The molecular weight excluding hydrogens is 234 g/mol. The Labute approximate surface area is 105 Å². The van der Waals surface area contributed by atoms with E-state index in [0.717, 1.165) is 25.1 Å². The van der Waals surface area contributed by atoms with Crippen molar-refractivity contribution in [3.8, 4) is 0 Å². The van der Waals surface area contributed by atoms with Gasteiger partial charge in [-0.15, -0.1) is 10.2 Å². The zero-order valence-electron chi connectivity index (χ0n) is 9.63. The van der Waals surface area contributed by atoms with Gasteiger partial charge in [0.15, 0.2) is 0 Å². The summed E-state index contributed by atoms with van der Waals surface area (Å²) in [5, 5.41) is 8.66. The molecule has 90 valence electrons. The summed E-state index contributed by atoms with van der Waals surface area (Å²) < 4.78 is 5.52. The first-order chi connectivity index (χ1) is 8.38. The Morgan fingerprint density at radius 1 is 1.18 bits per heavy atom. The van der Waals surface area contributed by atoms with E-state index in [0.29, 0.717) is 11.1 Å². The number of hydrogen-bond donors (Lipinski definition) is 1. The van der Waals surface area contributed by atoms with Crippen LogP contribution in [0, 0.1) is 0 Å². The molecule has 2 rings (SSSR count). The minimum atomic E-state index is 0.646. The molecule has 0 atom stereocenters. The minimum absolute atomic E-state index is 0.646. The zero-order chi connectivity index (χ0) is 11.9. The molecular formula is C12H16N3OS+. The highest BCUT2D eigenvalue weighted by Crippen LogP contribution is 2.21. The van der Waals surface area contributed by atoms with E-state index in [2.05, 4.69) is 28.1 Å². The first-order valence-electron chi connectivity index (χ1n) is 5.67. The number of quaternary nitrogens is 1. The summed E-state index contributed by atoms with van der Waals surface area (Å²) in [4.78, 5) is 0. The molecule has 0 aliphatic carbocycles. The molecule has 0 amide bonds. The van der Waals surface area contributed by atoms with E-state index in [4.69, 9.17) is 4.42 Å². The van der Waals surface area contributed by atoms with E-state index < -0.39 is 0 Å². The van der Waals surface area contributed by atoms with Crippen LogP contribution in [-0.2, 0) is 12.2 Å². The van der Waals surface area contributed by atoms with Crippen LogP contribution in [0.5, 0.6) is 0 Å². The lowest BCUT2D eigenvalue weighted by atomic mass is 10.2. The van der Waals surface area contributed by atoms with Gasteiger partial charge in [-0.2, -0.15) is 0 Å². The number of benzene rings is 1. The van der Waals surface area contributed by atoms with Gasteiger partial charge in [-0.3, -0.25) is 0 Å². The van der Waals surface area contributed by atoms with Crippen molar-refractivity contribution in [3.63, 3.8) is 0 Å². The Hall–Kier alpha value is -1.33. The lowest BCUT2D eigenvalue weighted by Gasteiger charge is -1.96. The maximum absolute atomic E-state index is 5.52. The fourth-order valence-corrected chi connectivity index (χ4v) is 2.13. The molecule has 0 radical (unpaired) electrons. The van der Waals surface area contributed by atoms with E-state index >= 15 is 0 Å². The van der Waals surface area contributed by atoms with Crippen LogP contribution >= 0.6 is 11.8 Å². The number of hydrogen-bond acceptors (Lipinski definition) is 4. The second-order valence-electron chi connectivity index (χ2n) is 3.69. The lowest BCUT2D eigenvalue weighted by molar-refractivity contribution is -0.368. The second-order valence-corrected chi connectivity index (χ2v) is 4.62. The summed E-state index contributed by atoms with van der Waals surface area (Å²) in [6.45, 7) is 0.898. The maximum atomic E-state index is 5.52. The Morgan fingerprint density at radius 3 is 2.76 bits per heavy atom. The summed E-state index contributed by atoms with van der Waals surface area (Å²) in [6.07, 6.45) is 1.81. The molecule has 1 aromatic carbocycles. The number of aryl methyl sites for hydroxylation is 1. The van der Waals surface area contributed by atoms with Crippen LogP contribution in [0.4, 0.5) is 0 Å². The quantitative estimate of drug-likeness (QED) is 0.790. The van der Waals surface area contributed by atoms with Gasteiger partial charge in [0.1, 0.15) is 0 Å². The highest BCUT2D eigenvalue weighted by atomic mass is 32.2. The van der Waals surface area contributed by atoms with Crippen LogP contribution in [0.15, 0.2) is 40.0 Å². The molecule has 0 fully saturated rings. The molecule has 0 saturated carbocycles. The van der Waals surface area contributed by atoms with E-state index in [-0.39, 0.29) is 0 Å². The molecule has 0 aliphatic heterocycles. The molecule has 17 heavy (non-hydrogen) atoms. The predicted molar refractivity (Wildman–Crippen MR) is 66.4 cm³/mol. The van der Waals surface area contributed by atoms with E-state index in [9.17, 15) is 0 Å². The second kappa shape index (κ2) is 6.42.